The summed E-state index contributed by atoms with van der Waals surface area (Å²) in [5, 5.41) is 0. The van der Waals surface area contributed by atoms with E-state index in [1.165, 1.54) is 0 Å². The van der Waals surface area contributed by atoms with Gasteiger partial charge in [-0.25, -0.2) is 9.59 Å². The summed E-state index contributed by atoms with van der Waals surface area (Å²) < 4.78 is 30.4. The Kier molecular flexibility index (Phi) is 10.3. The molecule has 2 aliphatic heterocycles. The lowest BCUT2D eigenvalue weighted by atomic mass is 9.80. The summed E-state index contributed by atoms with van der Waals surface area (Å²) >= 11 is 0. The van der Waals surface area contributed by atoms with E-state index in [0.29, 0.717) is 32.2 Å². The highest BCUT2D eigenvalue weighted by molar-refractivity contribution is 6.45. The summed E-state index contributed by atoms with van der Waals surface area (Å²) in [6, 6.07) is 19.4. The smallest absolute Gasteiger partial charge is 0.457 e. The molecular weight excluding hydrogens is 545 g/mol. The van der Waals surface area contributed by atoms with Crippen LogP contribution in [0.25, 0.3) is 0 Å². The first-order valence-electron chi connectivity index (χ1n) is 15.4. The number of likely N-dealkylation sites (tertiary alicyclic amines) is 1. The van der Waals surface area contributed by atoms with Crippen molar-refractivity contribution in [1.29, 1.82) is 0 Å². The van der Waals surface area contributed by atoms with Crippen molar-refractivity contribution in [3.05, 3.63) is 71.8 Å². The second-order valence-electron chi connectivity index (χ2n) is 13.7. The van der Waals surface area contributed by atoms with E-state index in [1.54, 1.807) is 4.90 Å². The Morgan fingerprint density at radius 1 is 0.884 bits per heavy atom. The van der Waals surface area contributed by atoms with Gasteiger partial charge in [0.05, 0.1) is 30.5 Å². The summed E-state index contributed by atoms with van der Waals surface area (Å²) in [6.45, 7) is 14.4. The van der Waals surface area contributed by atoms with E-state index in [1.807, 2.05) is 109 Å². The van der Waals surface area contributed by atoms with Gasteiger partial charge in [-0.3, -0.25) is 4.90 Å². The van der Waals surface area contributed by atoms with Crippen LogP contribution in [0.1, 0.15) is 85.3 Å². The zero-order valence-electron chi connectivity index (χ0n) is 26.9. The molecule has 8 nitrogen and oxygen atoms in total. The van der Waals surface area contributed by atoms with Crippen molar-refractivity contribution in [2.24, 2.45) is 0 Å². The van der Waals surface area contributed by atoms with Gasteiger partial charge in [0.15, 0.2) is 0 Å². The molecule has 0 aliphatic carbocycles. The van der Waals surface area contributed by atoms with Crippen LogP contribution in [0.3, 0.4) is 0 Å². The summed E-state index contributed by atoms with van der Waals surface area (Å²) in [6.07, 6.45) is 1.93. The van der Waals surface area contributed by atoms with E-state index in [0.717, 1.165) is 17.5 Å². The maximum Gasteiger partial charge on any atom is 0.457 e. The van der Waals surface area contributed by atoms with Gasteiger partial charge in [-0.15, -0.1) is 0 Å². The van der Waals surface area contributed by atoms with Crippen LogP contribution in [0.2, 0.25) is 6.32 Å². The van der Waals surface area contributed by atoms with Crippen LogP contribution >= 0.6 is 0 Å². The molecule has 2 atom stereocenters. The minimum Gasteiger partial charge on any atom is -0.459 e. The fourth-order valence-electron chi connectivity index (χ4n) is 5.60. The molecule has 0 radical (unpaired) electrons. The van der Waals surface area contributed by atoms with Crippen LogP contribution in [0.5, 0.6) is 0 Å². The molecule has 2 saturated heterocycles. The van der Waals surface area contributed by atoms with Crippen LogP contribution < -0.4 is 0 Å². The second-order valence-corrected chi connectivity index (χ2v) is 13.7. The number of carbonyl (C=O) groups excluding carboxylic acids is 2. The van der Waals surface area contributed by atoms with E-state index >= 15 is 0 Å². The Bertz CT molecular complexity index is 1200. The van der Waals surface area contributed by atoms with Crippen LogP contribution in [-0.2, 0) is 41.5 Å². The average molecular weight is 594 g/mol. The van der Waals surface area contributed by atoms with Gasteiger partial charge >= 0.3 is 19.2 Å². The van der Waals surface area contributed by atoms with E-state index in [4.69, 9.17) is 23.5 Å². The van der Waals surface area contributed by atoms with Gasteiger partial charge in [0.1, 0.15) is 17.7 Å². The molecule has 2 aromatic rings. The lowest BCUT2D eigenvalue weighted by Crippen LogP contribution is -2.55. The minimum absolute atomic E-state index is 0.118. The van der Waals surface area contributed by atoms with Gasteiger partial charge in [-0.05, 0) is 72.3 Å². The zero-order chi connectivity index (χ0) is 31.3. The number of esters is 1. The van der Waals surface area contributed by atoms with Crippen LogP contribution in [0.4, 0.5) is 4.79 Å². The van der Waals surface area contributed by atoms with Crippen molar-refractivity contribution in [3.63, 3.8) is 0 Å². The maximum absolute atomic E-state index is 14.1. The molecule has 2 fully saturated rings. The van der Waals surface area contributed by atoms with Crippen molar-refractivity contribution in [3.8, 4) is 0 Å². The van der Waals surface area contributed by atoms with Crippen molar-refractivity contribution in [1.82, 2.24) is 4.90 Å². The quantitative estimate of drug-likeness (QED) is 0.158. The highest BCUT2D eigenvalue weighted by atomic mass is 16.7. The Labute approximate surface area is 257 Å². The molecule has 2 heterocycles. The van der Waals surface area contributed by atoms with Crippen LogP contribution in [0, 0.1) is 0 Å². The molecular formula is C34H48BNO7. The lowest BCUT2D eigenvalue weighted by Gasteiger charge is -2.37. The average Bonchev–Trinajstić information content (AvgIpc) is 3.42. The van der Waals surface area contributed by atoms with Crippen molar-refractivity contribution >= 4 is 19.2 Å². The molecule has 0 unspecified atom stereocenters. The Morgan fingerprint density at radius 3 is 2.00 bits per heavy atom. The minimum atomic E-state index is -1.23. The molecule has 0 aromatic heterocycles. The molecule has 9 heteroatoms. The van der Waals surface area contributed by atoms with Crippen LogP contribution in [0.15, 0.2) is 60.7 Å². The topological polar surface area (TPSA) is 83.5 Å². The zero-order valence-corrected chi connectivity index (χ0v) is 26.9. The Morgan fingerprint density at radius 2 is 1.44 bits per heavy atom. The summed E-state index contributed by atoms with van der Waals surface area (Å²) in [7, 11) is -0.321. The maximum atomic E-state index is 14.1. The number of unbranched alkanes of at least 4 members (excludes halogenated alkanes) is 1. The largest absolute Gasteiger partial charge is 0.459 e. The molecule has 0 bridgehead atoms. The molecule has 234 valence electrons. The number of rotatable bonds is 11. The van der Waals surface area contributed by atoms with Gasteiger partial charge in [0.2, 0.25) is 0 Å². The van der Waals surface area contributed by atoms with Crippen LogP contribution in [-0.4, -0.2) is 59.1 Å². The van der Waals surface area contributed by atoms with E-state index < -0.39 is 34.4 Å². The number of ether oxygens (including phenoxy) is 3. The first-order chi connectivity index (χ1) is 20.2. The van der Waals surface area contributed by atoms with Gasteiger partial charge in [-0.2, -0.15) is 0 Å². The third kappa shape index (κ3) is 8.40. The number of hydrogen-bond acceptors (Lipinski definition) is 7. The number of amides is 1. The van der Waals surface area contributed by atoms with Crippen molar-refractivity contribution in [2.75, 3.05) is 6.54 Å². The standard InChI is InChI=1S/C34H48BNO7/c1-31(2,3)41-30(38)36-23-28(39-24-26-16-10-8-11-17-26)22-34(36,29(37)40-25-27-18-12-9-13-19-27)20-14-15-21-35-42-32(4,5)33(6,7)43-35/h8-13,16-19,28H,14-15,20-25H2,1-7H3/t28-,34+/m1/s1. The van der Waals surface area contributed by atoms with E-state index in [2.05, 4.69) is 0 Å². The predicted octanol–water partition coefficient (Wildman–Crippen LogP) is 6.96. The highest BCUT2D eigenvalue weighted by Gasteiger charge is 2.56. The first-order valence-corrected chi connectivity index (χ1v) is 15.4. The summed E-state index contributed by atoms with van der Waals surface area (Å²) in [5.41, 5.74) is -0.848. The van der Waals surface area contributed by atoms with Crippen molar-refractivity contribution < 1.29 is 33.1 Å². The number of nitrogens with zero attached hydrogens (tertiary/aromatic N) is 1. The third-order valence-electron chi connectivity index (χ3n) is 8.59. The molecule has 2 aliphatic rings. The molecule has 0 spiro atoms. The molecule has 43 heavy (non-hydrogen) atoms. The normalized spacial score (nSPS) is 22.9. The summed E-state index contributed by atoms with van der Waals surface area (Å²) in [5.74, 6) is -0.441. The van der Waals surface area contributed by atoms with Gasteiger partial charge in [0, 0.05) is 6.42 Å². The highest BCUT2D eigenvalue weighted by Crippen LogP contribution is 2.41. The van der Waals surface area contributed by atoms with E-state index in [-0.39, 0.29) is 26.4 Å². The van der Waals surface area contributed by atoms with Gasteiger partial charge in [-0.1, -0.05) is 73.5 Å². The van der Waals surface area contributed by atoms with Gasteiger partial charge < -0.3 is 23.5 Å². The molecule has 2 aromatic carbocycles. The van der Waals surface area contributed by atoms with Crippen molar-refractivity contribution in [2.45, 2.75) is 122 Å². The second kappa shape index (κ2) is 13.4. The first kappa shape index (κ1) is 33.0. The number of carbonyl (C=O) groups is 2. The fourth-order valence-corrected chi connectivity index (χ4v) is 5.60. The third-order valence-corrected chi connectivity index (χ3v) is 8.59. The lowest BCUT2D eigenvalue weighted by molar-refractivity contribution is -0.158. The fraction of sp³-hybridized carbons (Fsp3) is 0.588. The molecule has 1 amide bonds. The molecule has 0 saturated carbocycles. The van der Waals surface area contributed by atoms with E-state index in [9.17, 15) is 9.59 Å². The monoisotopic (exact) mass is 593 g/mol. The SMILES string of the molecule is CC(C)(C)OC(=O)N1C[C@H](OCc2ccccc2)C[C@@]1(CCCCB1OC(C)(C)C(C)(C)O1)C(=O)OCc1ccccc1. The predicted molar refractivity (Wildman–Crippen MR) is 166 cm³/mol. The molecule has 0 N–H and O–H groups in total. The Balaban J connectivity index is 1.53. The number of benzene rings is 2. The van der Waals surface area contributed by atoms with Gasteiger partial charge in [0.25, 0.3) is 0 Å². The Hall–Kier alpha value is -2.88. The summed E-state index contributed by atoms with van der Waals surface area (Å²) in [4.78, 5) is 29.3. The molecule has 4 rings (SSSR count). The number of hydrogen-bond donors (Lipinski definition) is 0.